The molecule has 198 valence electrons. The van der Waals surface area contributed by atoms with Gasteiger partial charge in [0.15, 0.2) is 5.78 Å². The number of Topliss-reactive ketones (excluding diaryl/α,β-unsaturated/α-hetero) is 1. The van der Waals surface area contributed by atoms with Gasteiger partial charge in [0.05, 0.1) is 7.11 Å². The summed E-state index contributed by atoms with van der Waals surface area (Å²) in [6.45, 7) is 7.95. The minimum Gasteiger partial charge on any atom is -0.507 e. The van der Waals surface area contributed by atoms with Crippen LogP contribution in [0.25, 0.3) is 0 Å². The van der Waals surface area contributed by atoms with Gasteiger partial charge in [-0.05, 0) is 55.5 Å². The maximum absolute atomic E-state index is 13.1. The number of nitrogens with one attached hydrogen (secondary N) is 1. The Bertz CT molecular complexity index is 1100. The Hall–Kier alpha value is -2.87. The third-order valence-electron chi connectivity index (χ3n) is 6.43. The second-order valence-corrected chi connectivity index (χ2v) is 10.3. The lowest BCUT2D eigenvalue weighted by Gasteiger charge is -2.13. The molecule has 0 fully saturated rings. The van der Waals surface area contributed by atoms with E-state index in [0.717, 1.165) is 11.3 Å². The summed E-state index contributed by atoms with van der Waals surface area (Å²) in [7, 11) is 1.28. The van der Waals surface area contributed by atoms with Crippen LogP contribution in [0.15, 0.2) is 32.9 Å². The average Bonchev–Trinajstić information content (AvgIpc) is 3.19. The van der Waals surface area contributed by atoms with Crippen LogP contribution in [0, 0.1) is 12.8 Å². The van der Waals surface area contributed by atoms with Crippen LogP contribution in [-0.4, -0.2) is 24.1 Å². The van der Waals surface area contributed by atoms with Crippen molar-refractivity contribution in [3.8, 4) is 5.75 Å². The number of methoxy groups -OCH3 is 1. The smallest absolute Gasteiger partial charge is 0.410 e. The summed E-state index contributed by atoms with van der Waals surface area (Å²) >= 11 is 1.66. The van der Waals surface area contributed by atoms with Gasteiger partial charge in [-0.3, -0.25) is 10.1 Å². The lowest BCUT2D eigenvalue weighted by atomic mass is 9.93. The third-order valence-corrected chi connectivity index (χ3v) is 7.59. The van der Waals surface area contributed by atoms with Gasteiger partial charge in [0, 0.05) is 29.0 Å². The Labute approximate surface area is 217 Å². The number of hydrogen-bond acceptors (Lipinski definition) is 7. The number of carbonyl (C=O) groups excluding carboxylic acids is 2. The fraction of sp³-hybridized carbons (Fsp3) is 0.536. The first-order valence-electron chi connectivity index (χ1n) is 12.7. The maximum atomic E-state index is 13.1. The summed E-state index contributed by atoms with van der Waals surface area (Å²) in [6, 6.07) is 1.37. The Kier molecular flexibility index (Phi) is 11.9. The first-order chi connectivity index (χ1) is 17.2. The molecular formula is C28H39NO6S. The first kappa shape index (κ1) is 29.4. The standard InChI is InChI=1S/C28H39NO6S/c1-6-7-8-9-13-21-17-36-24(20(21)4)15-19(3)26(31)25-22(30)16-23(35-27(25)32)18(2)12-10-11-14-29-28(33)34-5/h11,14,16-19,30H,6-10,12-13,15H2,1-5H3,(H,29,33)/b14-11+. The number of aryl methyl sites for hydroxylation is 1. The summed E-state index contributed by atoms with van der Waals surface area (Å²) in [5.41, 5.74) is 1.47. The molecule has 0 spiro atoms. The number of alkyl carbamates (subject to hydrolysis) is 1. The summed E-state index contributed by atoms with van der Waals surface area (Å²) < 4.78 is 9.91. The molecule has 36 heavy (non-hydrogen) atoms. The van der Waals surface area contributed by atoms with Crippen molar-refractivity contribution < 1.29 is 23.8 Å². The van der Waals surface area contributed by atoms with Gasteiger partial charge in [0.1, 0.15) is 17.1 Å². The van der Waals surface area contributed by atoms with Gasteiger partial charge in [-0.2, -0.15) is 0 Å². The summed E-state index contributed by atoms with van der Waals surface area (Å²) in [5.74, 6) is -1.06. The molecule has 2 aromatic heterocycles. The van der Waals surface area contributed by atoms with E-state index in [-0.39, 0.29) is 17.2 Å². The molecule has 2 atom stereocenters. The SMILES string of the molecule is CCCCCCc1csc(CC(C)C(=O)c2c(O)cc(C(C)CC/C=C/NC(=O)OC)oc2=O)c1C. The van der Waals surface area contributed by atoms with E-state index in [9.17, 15) is 19.5 Å². The molecule has 0 aliphatic carbocycles. The fourth-order valence-electron chi connectivity index (χ4n) is 4.03. The van der Waals surface area contributed by atoms with Crippen molar-refractivity contribution >= 4 is 23.2 Å². The van der Waals surface area contributed by atoms with Crippen LogP contribution in [0.3, 0.4) is 0 Å². The van der Waals surface area contributed by atoms with Crippen LogP contribution in [0.4, 0.5) is 4.79 Å². The highest BCUT2D eigenvalue weighted by molar-refractivity contribution is 7.10. The van der Waals surface area contributed by atoms with E-state index in [0.29, 0.717) is 25.0 Å². The zero-order valence-electron chi connectivity index (χ0n) is 22.0. The topological polar surface area (TPSA) is 106 Å². The van der Waals surface area contributed by atoms with Crippen LogP contribution < -0.4 is 10.9 Å². The molecule has 0 bridgehead atoms. The van der Waals surface area contributed by atoms with Crippen molar-refractivity contribution in [1.82, 2.24) is 5.32 Å². The lowest BCUT2D eigenvalue weighted by molar-refractivity contribution is 0.0922. The Morgan fingerprint density at radius 3 is 2.67 bits per heavy atom. The number of thiophene rings is 1. The van der Waals surface area contributed by atoms with Gasteiger partial charge >= 0.3 is 11.7 Å². The average molecular weight is 518 g/mol. The minimum atomic E-state index is -0.809. The van der Waals surface area contributed by atoms with E-state index in [1.165, 1.54) is 56.2 Å². The molecule has 1 amide bonds. The molecule has 0 aliphatic heterocycles. The van der Waals surface area contributed by atoms with E-state index >= 15 is 0 Å². The number of ether oxygens (including phenoxy) is 1. The van der Waals surface area contributed by atoms with E-state index in [1.54, 1.807) is 24.3 Å². The van der Waals surface area contributed by atoms with Crippen LogP contribution in [0.5, 0.6) is 5.75 Å². The highest BCUT2D eigenvalue weighted by Gasteiger charge is 2.26. The normalized spacial score (nSPS) is 13.0. The molecule has 0 aromatic carbocycles. The molecular weight excluding hydrogens is 478 g/mol. The second-order valence-electron chi connectivity index (χ2n) is 9.30. The van der Waals surface area contributed by atoms with E-state index < -0.39 is 23.4 Å². The molecule has 2 heterocycles. The fourth-order valence-corrected chi connectivity index (χ4v) is 5.26. The Morgan fingerprint density at radius 2 is 2.00 bits per heavy atom. The number of amides is 1. The molecule has 0 saturated carbocycles. The van der Waals surface area contributed by atoms with Crippen LogP contribution in [-0.2, 0) is 17.6 Å². The van der Waals surface area contributed by atoms with Crippen LogP contribution in [0.1, 0.15) is 97.3 Å². The number of ketones is 1. The summed E-state index contributed by atoms with van der Waals surface area (Å²) in [6.07, 6.45) is 10.3. The van der Waals surface area contributed by atoms with E-state index in [1.807, 2.05) is 6.92 Å². The van der Waals surface area contributed by atoms with E-state index in [2.05, 4.69) is 29.3 Å². The van der Waals surface area contributed by atoms with Crippen molar-refractivity contribution in [1.29, 1.82) is 0 Å². The second kappa shape index (κ2) is 14.6. The van der Waals surface area contributed by atoms with Crippen molar-refractivity contribution in [2.75, 3.05) is 7.11 Å². The number of aromatic hydroxyl groups is 1. The van der Waals surface area contributed by atoms with Gasteiger partial charge in [-0.1, -0.05) is 46.1 Å². The molecule has 2 unspecified atom stereocenters. The van der Waals surface area contributed by atoms with Gasteiger partial charge in [-0.15, -0.1) is 11.3 Å². The number of allylic oxidation sites excluding steroid dienone is 1. The van der Waals surface area contributed by atoms with Gasteiger partial charge in [-0.25, -0.2) is 9.59 Å². The predicted octanol–water partition coefficient (Wildman–Crippen LogP) is 6.65. The number of hydrogen-bond donors (Lipinski definition) is 2. The molecule has 0 aliphatic rings. The molecule has 2 N–H and O–H groups in total. The van der Waals surface area contributed by atoms with Crippen molar-refractivity contribution in [3.63, 3.8) is 0 Å². The van der Waals surface area contributed by atoms with Gasteiger partial charge < -0.3 is 14.3 Å². The molecule has 0 radical (unpaired) electrons. The molecule has 8 heteroatoms. The number of unbranched alkanes of at least 4 members (excludes halogenated alkanes) is 3. The predicted molar refractivity (Wildman–Crippen MR) is 143 cm³/mol. The molecule has 7 nitrogen and oxygen atoms in total. The van der Waals surface area contributed by atoms with Crippen LogP contribution >= 0.6 is 11.3 Å². The van der Waals surface area contributed by atoms with Gasteiger partial charge in [0.2, 0.25) is 0 Å². The zero-order chi connectivity index (χ0) is 26.7. The van der Waals surface area contributed by atoms with Crippen molar-refractivity contribution in [2.45, 2.75) is 85.0 Å². The van der Waals surface area contributed by atoms with Gasteiger partial charge in [0.25, 0.3) is 0 Å². The Morgan fingerprint density at radius 1 is 1.25 bits per heavy atom. The van der Waals surface area contributed by atoms with Crippen LogP contribution in [0.2, 0.25) is 0 Å². The highest BCUT2D eigenvalue weighted by Crippen LogP contribution is 2.29. The summed E-state index contributed by atoms with van der Waals surface area (Å²) in [5, 5.41) is 15.2. The molecule has 0 saturated heterocycles. The van der Waals surface area contributed by atoms with E-state index in [4.69, 9.17) is 4.42 Å². The maximum Gasteiger partial charge on any atom is 0.410 e. The van der Waals surface area contributed by atoms with Crippen molar-refractivity contribution in [3.05, 3.63) is 61.5 Å². The quantitative estimate of drug-likeness (QED) is 0.215. The Balaban J connectivity index is 2.02. The first-order valence-corrected chi connectivity index (χ1v) is 13.5. The molecule has 2 aromatic rings. The lowest BCUT2D eigenvalue weighted by Crippen LogP contribution is -2.22. The van der Waals surface area contributed by atoms with Crippen molar-refractivity contribution in [2.24, 2.45) is 5.92 Å². The molecule has 2 rings (SSSR count). The largest absolute Gasteiger partial charge is 0.507 e. The zero-order valence-corrected chi connectivity index (χ0v) is 22.8. The monoisotopic (exact) mass is 517 g/mol. The highest BCUT2D eigenvalue weighted by atomic mass is 32.1. The number of rotatable bonds is 14. The summed E-state index contributed by atoms with van der Waals surface area (Å²) in [4.78, 5) is 37.9. The third kappa shape index (κ3) is 8.36. The number of carbonyl (C=O) groups is 2. The minimum absolute atomic E-state index is 0.169.